The van der Waals surface area contributed by atoms with Gasteiger partial charge in [0.2, 0.25) is 11.8 Å². The minimum atomic E-state index is -0.416. The van der Waals surface area contributed by atoms with E-state index in [1.807, 2.05) is 38.1 Å². The van der Waals surface area contributed by atoms with Crippen LogP contribution in [-0.4, -0.2) is 36.4 Å². The fraction of sp³-hybridized carbons (Fsp3) is 0.500. The van der Waals surface area contributed by atoms with Gasteiger partial charge in [-0.2, -0.15) is 0 Å². The maximum Gasteiger partial charge on any atom is 0.245 e. The molecule has 1 fully saturated rings. The number of hydrogen-bond donors (Lipinski definition) is 1. The molecule has 1 unspecified atom stereocenters. The minimum Gasteiger partial charge on any atom is -0.496 e. The molecule has 0 radical (unpaired) electrons. The molecule has 2 rings (SSSR count). The van der Waals surface area contributed by atoms with Gasteiger partial charge in [0, 0.05) is 12.1 Å². The quantitative estimate of drug-likeness (QED) is 0.895. The Morgan fingerprint density at radius 1 is 1.33 bits per heavy atom. The van der Waals surface area contributed by atoms with E-state index < -0.39 is 6.04 Å². The number of benzene rings is 1. The van der Waals surface area contributed by atoms with Crippen molar-refractivity contribution in [3.05, 3.63) is 29.8 Å². The Balaban J connectivity index is 2.14. The van der Waals surface area contributed by atoms with E-state index in [1.54, 1.807) is 12.0 Å². The molecule has 1 aliphatic rings. The topological polar surface area (TPSA) is 58.6 Å². The number of rotatable bonds is 5. The zero-order valence-electron chi connectivity index (χ0n) is 12.8. The van der Waals surface area contributed by atoms with Gasteiger partial charge in [-0.15, -0.1) is 0 Å². The number of carbonyl (C=O) groups is 2. The first-order valence-electron chi connectivity index (χ1n) is 7.21. The predicted octanol–water partition coefficient (Wildman–Crippen LogP) is 1.57. The van der Waals surface area contributed by atoms with E-state index in [1.165, 1.54) is 0 Å². The summed E-state index contributed by atoms with van der Waals surface area (Å²) in [6.07, 6.45) is 0.660. The number of carbonyl (C=O) groups excluding carboxylic acids is 2. The van der Waals surface area contributed by atoms with Gasteiger partial charge < -0.3 is 15.0 Å². The summed E-state index contributed by atoms with van der Waals surface area (Å²) in [4.78, 5) is 25.9. The van der Waals surface area contributed by atoms with Crippen molar-refractivity contribution < 1.29 is 14.3 Å². The molecule has 1 aromatic carbocycles. The fourth-order valence-corrected chi connectivity index (χ4v) is 2.58. The lowest BCUT2D eigenvalue weighted by Gasteiger charge is -2.33. The summed E-state index contributed by atoms with van der Waals surface area (Å²) < 4.78 is 5.30. The molecule has 0 bridgehead atoms. The van der Waals surface area contributed by atoms with Crippen LogP contribution in [0.25, 0.3) is 0 Å². The highest BCUT2D eigenvalue weighted by Gasteiger charge is 2.33. The SMILES string of the molecule is COc1ccccc1CN1CC(=O)NC(CC(C)C)C1=O. The van der Waals surface area contributed by atoms with Crippen LogP contribution in [0, 0.1) is 5.92 Å². The minimum absolute atomic E-state index is 0.0193. The van der Waals surface area contributed by atoms with E-state index >= 15 is 0 Å². The van der Waals surface area contributed by atoms with Gasteiger partial charge in [0.05, 0.1) is 13.7 Å². The van der Waals surface area contributed by atoms with Crippen molar-refractivity contribution >= 4 is 11.8 Å². The van der Waals surface area contributed by atoms with Gasteiger partial charge in [0.25, 0.3) is 0 Å². The van der Waals surface area contributed by atoms with E-state index in [2.05, 4.69) is 5.32 Å². The Kier molecular flexibility index (Phi) is 4.83. The second-order valence-corrected chi connectivity index (χ2v) is 5.76. The Morgan fingerprint density at radius 2 is 2.05 bits per heavy atom. The van der Waals surface area contributed by atoms with E-state index in [-0.39, 0.29) is 18.4 Å². The van der Waals surface area contributed by atoms with Gasteiger partial charge >= 0.3 is 0 Å². The van der Waals surface area contributed by atoms with E-state index in [4.69, 9.17) is 4.74 Å². The first-order valence-corrected chi connectivity index (χ1v) is 7.21. The zero-order chi connectivity index (χ0) is 15.4. The Bertz CT molecular complexity index is 528. The maximum atomic E-state index is 12.5. The second kappa shape index (κ2) is 6.61. The average Bonchev–Trinajstić information content (AvgIpc) is 2.44. The Morgan fingerprint density at radius 3 is 2.71 bits per heavy atom. The molecule has 1 aliphatic heterocycles. The monoisotopic (exact) mass is 290 g/mol. The van der Waals surface area contributed by atoms with Crippen molar-refractivity contribution in [3.63, 3.8) is 0 Å². The number of amides is 2. The predicted molar refractivity (Wildman–Crippen MR) is 79.8 cm³/mol. The van der Waals surface area contributed by atoms with Gasteiger partial charge in [0.15, 0.2) is 0 Å². The number of para-hydroxylation sites is 1. The summed E-state index contributed by atoms with van der Waals surface area (Å²) in [5.41, 5.74) is 0.909. The highest BCUT2D eigenvalue weighted by molar-refractivity contribution is 5.94. The number of methoxy groups -OCH3 is 1. The lowest BCUT2D eigenvalue weighted by molar-refractivity contribution is -0.145. The lowest BCUT2D eigenvalue weighted by Crippen LogP contribution is -2.57. The molecule has 0 aromatic heterocycles. The number of hydrogen-bond acceptors (Lipinski definition) is 3. The normalized spacial score (nSPS) is 18.9. The molecule has 5 nitrogen and oxygen atoms in total. The molecule has 1 saturated heterocycles. The van der Waals surface area contributed by atoms with Gasteiger partial charge in [0.1, 0.15) is 11.8 Å². The van der Waals surface area contributed by atoms with Crippen LogP contribution in [0.4, 0.5) is 0 Å². The first-order chi connectivity index (χ1) is 10.0. The summed E-state index contributed by atoms with van der Waals surface area (Å²) in [7, 11) is 1.60. The Hall–Kier alpha value is -2.04. The zero-order valence-corrected chi connectivity index (χ0v) is 12.8. The van der Waals surface area contributed by atoms with Crippen molar-refractivity contribution in [2.75, 3.05) is 13.7 Å². The average molecular weight is 290 g/mol. The third-order valence-corrected chi connectivity index (χ3v) is 3.54. The van der Waals surface area contributed by atoms with Crippen molar-refractivity contribution in [2.24, 2.45) is 5.92 Å². The van der Waals surface area contributed by atoms with Crippen LogP contribution in [0.2, 0.25) is 0 Å². The van der Waals surface area contributed by atoms with Crippen LogP contribution < -0.4 is 10.1 Å². The molecule has 1 N–H and O–H groups in total. The molecule has 5 heteroatoms. The standard InChI is InChI=1S/C16H22N2O3/c1-11(2)8-13-16(20)18(10-15(19)17-13)9-12-6-4-5-7-14(12)21-3/h4-7,11,13H,8-10H2,1-3H3,(H,17,19). The summed E-state index contributed by atoms with van der Waals surface area (Å²) in [5, 5.41) is 2.78. The van der Waals surface area contributed by atoms with Crippen LogP contribution >= 0.6 is 0 Å². The van der Waals surface area contributed by atoms with Gasteiger partial charge in [-0.05, 0) is 18.4 Å². The summed E-state index contributed by atoms with van der Waals surface area (Å²) in [5.74, 6) is 0.964. The van der Waals surface area contributed by atoms with Crippen LogP contribution in [-0.2, 0) is 16.1 Å². The van der Waals surface area contributed by atoms with Crippen LogP contribution in [0.15, 0.2) is 24.3 Å². The molecule has 2 amide bonds. The van der Waals surface area contributed by atoms with Crippen LogP contribution in [0.3, 0.4) is 0 Å². The van der Waals surface area contributed by atoms with Crippen molar-refractivity contribution in [2.45, 2.75) is 32.9 Å². The molecule has 114 valence electrons. The summed E-state index contributed by atoms with van der Waals surface area (Å²) in [6.45, 7) is 4.58. The molecule has 0 spiro atoms. The van der Waals surface area contributed by atoms with Gasteiger partial charge in [-0.25, -0.2) is 0 Å². The molecule has 21 heavy (non-hydrogen) atoms. The Labute approximate surface area is 125 Å². The number of nitrogens with one attached hydrogen (secondary N) is 1. The van der Waals surface area contributed by atoms with Crippen molar-refractivity contribution in [3.8, 4) is 5.75 Å². The van der Waals surface area contributed by atoms with Crippen molar-refractivity contribution in [1.82, 2.24) is 10.2 Å². The molecule has 0 saturated carbocycles. The first kappa shape index (κ1) is 15.4. The smallest absolute Gasteiger partial charge is 0.245 e. The maximum absolute atomic E-state index is 12.5. The molecular formula is C16H22N2O3. The van der Waals surface area contributed by atoms with Crippen LogP contribution in [0.5, 0.6) is 5.75 Å². The molecular weight excluding hydrogens is 268 g/mol. The highest BCUT2D eigenvalue weighted by atomic mass is 16.5. The number of ether oxygens (including phenoxy) is 1. The highest BCUT2D eigenvalue weighted by Crippen LogP contribution is 2.21. The largest absolute Gasteiger partial charge is 0.496 e. The molecule has 1 atom stereocenters. The third-order valence-electron chi connectivity index (χ3n) is 3.54. The summed E-state index contributed by atoms with van der Waals surface area (Å²) in [6, 6.07) is 7.14. The number of nitrogens with zero attached hydrogens (tertiary/aromatic N) is 1. The van der Waals surface area contributed by atoms with E-state index in [0.29, 0.717) is 18.9 Å². The number of piperazine rings is 1. The lowest BCUT2D eigenvalue weighted by atomic mass is 10.0. The third kappa shape index (κ3) is 3.74. The van der Waals surface area contributed by atoms with Gasteiger partial charge in [-0.1, -0.05) is 32.0 Å². The molecule has 0 aliphatic carbocycles. The van der Waals surface area contributed by atoms with E-state index in [0.717, 1.165) is 11.3 Å². The van der Waals surface area contributed by atoms with Crippen molar-refractivity contribution in [1.29, 1.82) is 0 Å². The molecule has 1 heterocycles. The van der Waals surface area contributed by atoms with E-state index in [9.17, 15) is 9.59 Å². The summed E-state index contributed by atoms with van der Waals surface area (Å²) >= 11 is 0. The van der Waals surface area contributed by atoms with Crippen LogP contribution in [0.1, 0.15) is 25.8 Å². The fourth-order valence-electron chi connectivity index (χ4n) is 2.58. The second-order valence-electron chi connectivity index (χ2n) is 5.76. The molecule has 1 aromatic rings. The van der Waals surface area contributed by atoms with Gasteiger partial charge in [-0.3, -0.25) is 9.59 Å².